The molecule has 0 saturated carbocycles. The first-order valence-corrected chi connectivity index (χ1v) is 7.32. The van der Waals surface area contributed by atoms with E-state index in [2.05, 4.69) is 24.3 Å². The molecule has 2 N–H and O–H groups in total. The molecular weight excluding hydrogens is 246 g/mol. The predicted octanol–water partition coefficient (Wildman–Crippen LogP) is 3.02. The van der Waals surface area contributed by atoms with Crippen molar-refractivity contribution in [2.45, 2.75) is 45.6 Å². The smallest absolute Gasteiger partial charge is 0.136 e. The van der Waals surface area contributed by atoms with Gasteiger partial charge in [0.2, 0.25) is 0 Å². The Bertz CT molecular complexity index is 611. The topological polar surface area (TPSA) is 51.8 Å². The maximum atomic E-state index is 5.78. The zero-order valence-corrected chi connectivity index (χ0v) is 12.2. The van der Waals surface area contributed by atoms with Gasteiger partial charge in [-0.3, -0.25) is 0 Å². The van der Waals surface area contributed by atoms with Crippen LogP contribution in [0, 0.1) is 13.8 Å². The highest BCUT2D eigenvalue weighted by Crippen LogP contribution is 2.35. The van der Waals surface area contributed by atoms with E-state index in [4.69, 9.17) is 15.7 Å². The summed E-state index contributed by atoms with van der Waals surface area (Å²) in [5.41, 5.74) is 11.8. The van der Waals surface area contributed by atoms with Crippen LogP contribution >= 0.6 is 0 Å². The Morgan fingerprint density at radius 3 is 2.55 bits per heavy atom. The van der Waals surface area contributed by atoms with Gasteiger partial charge in [-0.25, -0.2) is 9.97 Å². The van der Waals surface area contributed by atoms with Gasteiger partial charge in [0.25, 0.3) is 0 Å². The first-order chi connectivity index (χ1) is 9.70. The van der Waals surface area contributed by atoms with Crippen LogP contribution in [0.3, 0.4) is 0 Å². The maximum absolute atomic E-state index is 5.78. The van der Waals surface area contributed by atoms with Gasteiger partial charge in [-0.05, 0) is 44.2 Å². The number of benzene rings is 1. The summed E-state index contributed by atoms with van der Waals surface area (Å²) in [5, 5.41) is 0. The number of nitrogens with zero attached hydrogens (tertiary/aromatic N) is 2. The fourth-order valence-corrected chi connectivity index (χ4v) is 3.24. The normalized spacial score (nSPS) is 17.9. The largest absolute Gasteiger partial charge is 0.326 e. The van der Waals surface area contributed by atoms with Crippen molar-refractivity contribution < 1.29 is 0 Å². The molecule has 1 aliphatic rings. The Labute approximate surface area is 120 Å². The number of aromatic nitrogens is 2. The number of nitrogens with two attached hydrogens (primary N) is 1. The summed E-state index contributed by atoms with van der Waals surface area (Å²) in [6.07, 6.45) is 3.52. The van der Waals surface area contributed by atoms with Crippen molar-refractivity contribution in [2.24, 2.45) is 5.73 Å². The van der Waals surface area contributed by atoms with Gasteiger partial charge in [0, 0.05) is 29.4 Å². The zero-order valence-electron chi connectivity index (χ0n) is 12.2. The quantitative estimate of drug-likeness (QED) is 0.910. The van der Waals surface area contributed by atoms with Crippen LogP contribution in [0.2, 0.25) is 0 Å². The first-order valence-electron chi connectivity index (χ1n) is 7.32. The molecule has 1 aliphatic carbocycles. The van der Waals surface area contributed by atoms with E-state index in [9.17, 15) is 0 Å². The fourth-order valence-electron chi connectivity index (χ4n) is 3.24. The van der Waals surface area contributed by atoms with E-state index in [-0.39, 0.29) is 0 Å². The lowest BCUT2D eigenvalue weighted by atomic mass is 9.82. The molecule has 0 spiro atoms. The second-order valence-electron chi connectivity index (χ2n) is 5.58. The third-order valence-electron chi connectivity index (χ3n) is 4.32. The second-order valence-corrected chi connectivity index (χ2v) is 5.58. The highest BCUT2D eigenvalue weighted by Gasteiger charge is 2.24. The van der Waals surface area contributed by atoms with E-state index < -0.39 is 0 Å². The highest BCUT2D eigenvalue weighted by molar-refractivity contribution is 5.37. The molecule has 1 heterocycles. The van der Waals surface area contributed by atoms with Gasteiger partial charge in [-0.2, -0.15) is 0 Å². The molecule has 20 heavy (non-hydrogen) atoms. The summed E-state index contributed by atoms with van der Waals surface area (Å²) in [4.78, 5) is 9.47. The van der Waals surface area contributed by atoms with Gasteiger partial charge < -0.3 is 5.73 Å². The van der Waals surface area contributed by atoms with Crippen molar-refractivity contribution >= 4 is 0 Å². The number of rotatable bonds is 2. The number of hydrogen-bond donors (Lipinski definition) is 1. The molecule has 0 fully saturated rings. The standard InChI is InChI=1S/C17H21N3/c1-11-16(10-18)12(2)20-17(19-11)15-9-5-7-13-6-3-4-8-14(13)15/h3-4,6,8,15H,5,7,9-10,18H2,1-2H3. The summed E-state index contributed by atoms with van der Waals surface area (Å²) < 4.78 is 0. The van der Waals surface area contributed by atoms with Crippen LogP contribution in [-0.2, 0) is 13.0 Å². The number of aryl methyl sites for hydroxylation is 3. The van der Waals surface area contributed by atoms with Crippen LogP contribution in [0.4, 0.5) is 0 Å². The van der Waals surface area contributed by atoms with Crippen LogP contribution in [0.15, 0.2) is 24.3 Å². The molecule has 104 valence electrons. The lowest BCUT2D eigenvalue weighted by molar-refractivity contribution is 0.585. The Hall–Kier alpha value is -1.74. The molecule has 3 nitrogen and oxygen atoms in total. The van der Waals surface area contributed by atoms with E-state index in [1.807, 2.05) is 13.8 Å². The molecular formula is C17H21N3. The molecule has 0 bridgehead atoms. The van der Waals surface area contributed by atoms with Crippen LogP contribution in [0.25, 0.3) is 0 Å². The van der Waals surface area contributed by atoms with Crippen molar-refractivity contribution in [3.8, 4) is 0 Å². The average molecular weight is 267 g/mol. The molecule has 0 aliphatic heterocycles. The van der Waals surface area contributed by atoms with E-state index in [1.54, 1.807) is 0 Å². The monoisotopic (exact) mass is 267 g/mol. The minimum atomic E-state index is 0.337. The zero-order chi connectivity index (χ0) is 14.1. The van der Waals surface area contributed by atoms with Crippen molar-refractivity contribution in [2.75, 3.05) is 0 Å². The summed E-state index contributed by atoms with van der Waals surface area (Å²) in [5.74, 6) is 1.30. The predicted molar refractivity (Wildman–Crippen MR) is 80.6 cm³/mol. The number of fused-ring (bicyclic) bond motifs is 1. The molecule has 0 saturated heterocycles. The highest BCUT2D eigenvalue weighted by atomic mass is 14.9. The third kappa shape index (κ3) is 2.22. The Morgan fingerprint density at radius 2 is 1.85 bits per heavy atom. The third-order valence-corrected chi connectivity index (χ3v) is 4.32. The van der Waals surface area contributed by atoms with Gasteiger partial charge in [-0.1, -0.05) is 24.3 Å². The minimum absolute atomic E-state index is 0.337. The lowest BCUT2D eigenvalue weighted by Crippen LogP contribution is -2.16. The Balaban J connectivity index is 2.07. The van der Waals surface area contributed by atoms with E-state index in [1.165, 1.54) is 24.0 Å². The van der Waals surface area contributed by atoms with E-state index >= 15 is 0 Å². The molecule has 3 rings (SSSR count). The van der Waals surface area contributed by atoms with Gasteiger partial charge in [-0.15, -0.1) is 0 Å². The molecule has 1 aromatic carbocycles. The summed E-state index contributed by atoms with van der Waals surface area (Å²) in [7, 11) is 0. The molecule has 1 aromatic heterocycles. The van der Waals surface area contributed by atoms with Gasteiger partial charge in [0.15, 0.2) is 0 Å². The average Bonchev–Trinajstić information content (AvgIpc) is 2.46. The minimum Gasteiger partial charge on any atom is -0.326 e. The Morgan fingerprint density at radius 1 is 1.15 bits per heavy atom. The van der Waals surface area contributed by atoms with Crippen LogP contribution in [-0.4, -0.2) is 9.97 Å². The first kappa shape index (κ1) is 13.3. The maximum Gasteiger partial charge on any atom is 0.136 e. The number of hydrogen-bond acceptors (Lipinski definition) is 3. The van der Waals surface area contributed by atoms with Gasteiger partial charge in [0.1, 0.15) is 5.82 Å². The second kappa shape index (κ2) is 5.33. The molecule has 2 aromatic rings. The summed E-state index contributed by atoms with van der Waals surface area (Å²) >= 11 is 0. The molecule has 0 amide bonds. The molecule has 1 unspecified atom stereocenters. The summed E-state index contributed by atoms with van der Waals surface area (Å²) in [6.45, 7) is 4.59. The Kier molecular flexibility index (Phi) is 3.53. The molecule has 3 heteroatoms. The van der Waals surface area contributed by atoms with E-state index in [0.29, 0.717) is 12.5 Å². The van der Waals surface area contributed by atoms with Crippen LogP contribution in [0.1, 0.15) is 52.7 Å². The van der Waals surface area contributed by atoms with Crippen LogP contribution in [0.5, 0.6) is 0 Å². The van der Waals surface area contributed by atoms with E-state index in [0.717, 1.165) is 29.2 Å². The van der Waals surface area contributed by atoms with Gasteiger partial charge in [0.05, 0.1) is 0 Å². The molecule has 1 atom stereocenters. The SMILES string of the molecule is Cc1nc(C2CCCc3ccccc32)nc(C)c1CN. The molecule has 0 radical (unpaired) electrons. The van der Waals surface area contributed by atoms with Crippen molar-refractivity contribution in [1.82, 2.24) is 9.97 Å². The fraction of sp³-hybridized carbons (Fsp3) is 0.412. The van der Waals surface area contributed by atoms with Gasteiger partial charge >= 0.3 is 0 Å². The van der Waals surface area contributed by atoms with Crippen LogP contribution < -0.4 is 5.73 Å². The van der Waals surface area contributed by atoms with Crippen molar-refractivity contribution in [3.63, 3.8) is 0 Å². The van der Waals surface area contributed by atoms with Crippen molar-refractivity contribution in [1.29, 1.82) is 0 Å². The summed E-state index contributed by atoms with van der Waals surface area (Å²) in [6, 6.07) is 8.70. The van der Waals surface area contributed by atoms with Crippen molar-refractivity contribution in [3.05, 3.63) is 58.2 Å². The lowest BCUT2D eigenvalue weighted by Gasteiger charge is -2.25.